The van der Waals surface area contributed by atoms with E-state index in [0.717, 1.165) is 25.7 Å². The van der Waals surface area contributed by atoms with Crippen molar-refractivity contribution < 1.29 is 10.2 Å². The van der Waals surface area contributed by atoms with E-state index in [0.29, 0.717) is 6.42 Å². The summed E-state index contributed by atoms with van der Waals surface area (Å²) in [6.45, 7) is 3.68. The minimum atomic E-state index is -0.861. The zero-order chi connectivity index (χ0) is 8.54. The van der Waals surface area contributed by atoms with E-state index in [4.69, 9.17) is 0 Å². The van der Waals surface area contributed by atoms with E-state index in [2.05, 4.69) is 0 Å². The zero-order valence-corrected chi connectivity index (χ0v) is 7.43. The van der Waals surface area contributed by atoms with E-state index in [1.54, 1.807) is 6.92 Å². The lowest BCUT2D eigenvalue weighted by Gasteiger charge is -2.44. The van der Waals surface area contributed by atoms with Crippen molar-refractivity contribution in [2.24, 2.45) is 0 Å². The maximum Gasteiger partial charge on any atom is 0.0928 e. The summed E-state index contributed by atoms with van der Waals surface area (Å²) in [5.41, 5.74) is -1.69. The van der Waals surface area contributed by atoms with Crippen LogP contribution in [0.25, 0.3) is 0 Å². The summed E-state index contributed by atoms with van der Waals surface area (Å²) in [4.78, 5) is 0. The first-order valence-corrected chi connectivity index (χ1v) is 4.46. The third-order valence-electron chi connectivity index (χ3n) is 3.09. The summed E-state index contributed by atoms with van der Waals surface area (Å²) in [5.74, 6) is 0. The van der Waals surface area contributed by atoms with Crippen molar-refractivity contribution in [3.8, 4) is 0 Å². The second-order valence-electron chi connectivity index (χ2n) is 3.87. The molecule has 0 saturated heterocycles. The molecule has 1 saturated carbocycles. The van der Waals surface area contributed by atoms with E-state index in [9.17, 15) is 10.2 Å². The molecule has 0 aliphatic heterocycles. The molecule has 2 N–H and O–H groups in total. The first-order valence-electron chi connectivity index (χ1n) is 4.46. The number of hydrogen-bond donors (Lipinski definition) is 2. The summed E-state index contributed by atoms with van der Waals surface area (Å²) in [5, 5.41) is 19.8. The van der Waals surface area contributed by atoms with Gasteiger partial charge in [-0.15, -0.1) is 0 Å². The Morgan fingerprint density at radius 2 is 1.73 bits per heavy atom. The molecule has 2 atom stereocenters. The molecule has 1 aliphatic rings. The topological polar surface area (TPSA) is 40.5 Å². The first-order chi connectivity index (χ1) is 5.02. The number of aliphatic hydroxyl groups is 2. The van der Waals surface area contributed by atoms with Crippen LogP contribution >= 0.6 is 0 Å². The molecule has 0 bridgehead atoms. The van der Waals surface area contributed by atoms with Crippen LogP contribution in [0.2, 0.25) is 0 Å². The summed E-state index contributed by atoms with van der Waals surface area (Å²) >= 11 is 0. The molecule has 2 nitrogen and oxygen atoms in total. The minimum absolute atomic E-state index is 0.653. The highest BCUT2D eigenvalue weighted by molar-refractivity contribution is 4.98. The van der Waals surface area contributed by atoms with Crippen molar-refractivity contribution in [1.82, 2.24) is 0 Å². The molecule has 66 valence electrons. The zero-order valence-electron chi connectivity index (χ0n) is 7.43. The highest BCUT2D eigenvalue weighted by Crippen LogP contribution is 2.38. The molecule has 0 radical (unpaired) electrons. The predicted molar refractivity (Wildman–Crippen MR) is 44.3 cm³/mol. The molecule has 2 unspecified atom stereocenters. The van der Waals surface area contributed by atoms with E-state index in [1.165, 1.54) is 0 Å². The number of rotatable bonds is 1. The average molecular weight is 158 g/mol. The quantitative estimate of drug-likeness (QED) is 0.606. The summed E-state index contributed by atoms with van der Waals surface area (Å²) < 4.78 is 0. The molecule has 0 aromatic heterocycles. The third-order valence-corrected chi connectivity index (χ3v) is 3.09. The van der Waals surface area contributed by atoms with Crippen molar-refractivity contribution in [3.63, 3.8) is 0 Å². The van der Waals surface area contributed by atoms with Gasteiger partial charge >= 0.3 is 0 Å². The van der Waals surface area contributed by atoms with Crippen molar-refractivity contribution >= 4 is 0 Å². The lowest BCUT2D eigenvalue weighted by molar-refractivity contribution is -0.166. The third kappa shape index (κ3) is 1.42. The van der Waals surface area contributed by atoms with Crippen molar-refractivity contribution in [1.29, 1.82) is 0 Å². The monoisotopic (exact) mass is 158 g/mol. The van der Waals surface area contributed by atoms with Crippen LogP contribution in [0.15, 0.2) is 0 Å². The van der Waals surface area contributed by atoms with Crippen LogP contribution in [-0.2, 0) is 0 Å². The van der Waals surface area contributed by atoms with Gasteiger partial charge in [0.1, 0.15) is 0 Å². The Morgan fingerprint density at radius 3 is 2.09 bits per heavy atom. The van der Waals surface area contributed by atoms with Gasteiger partial charge in [0.25, 0.3) is 0 Å². The fourth-order valence-corrected chi connectivity index (χ4v) is 1.95. The van der Waals surface area contributed by atoms with Crippen LogP contribution in [0, 0.1) is 0 Å². The molecule has 11 heavy (non-hydrogen) atoms. The Hall–Kier alpha value is -0.0800. The molecule has 1 rings (SSSR count). The van der Waals surface area contributed by atoms with E-state index < -0.39 is 11.2 Å². The average Bonchev–Trinajstić information content (AvgIpc) is 1.95. The van der Waals surface area contributed by atoms with Gasteiger partial charge in [-0.05, 0) is 26.2 Å². The second kappa shape index (κ2) is 2.76. The largest absolute Gasteiger partial charge is 0.387 e. The van der Waals surface area contributed by atoms with Crippen molar-refractivity contribution in [3.05, 3.63) is 0 Å². The molecule has 1 aliphatic carbocycles. The molecule has 0 amide bonds. The molecular weight excluding hydrogens is 140 g/mol. The summed E-state index contributed by atoms with van der Waals surface area (Å²) in [6, 6.07) is 0. The van der Waals surface area contributed by atoms with Crippen LogP contribution in [-0.4, -0.2) is 21.4 Å². The van der Waals surface area contributed by atoms with Gasteiger partial charge in [-0.2, -0.15) is 0 Å². The van der Waals surface area contributed by atoms with Crippen LogP contribution < -0.4 is 0 Å². The van der Waals surface area contributed by atoms with Crippen LogP contribution in [0.4, 0.5) is 0 Å². The smallest absolute Gasteiger partial charge is 0.0928 e. The molecule has 1 fully saturated rings. The Morgan fingerprint density at radius 1 is 1.18 bits per heavy atom. The predicted octanol–water partition coefficient (Wildman–Crippen LogP) is 1.45. The molecular formula is C9H18O2. The molecule has 0 aromatic carbocycles. The molecule has 2 heteroatoms. The fraction of sp³-hybridized carbons (Fsp3) is 1.00. The fourth-order valence-electron chi connectivity index (χ4n) is 1.95. The summed E-state index contributed by atoms with van der Waals surface area (Å²) in [7, 11) is 0. The van der Waals surface area contributed by atoms with Gasteiger partial charge in [-0.1, -0.05) is 19.8 Å². The van der Waals surface area contributed by atoms with Gasteiger partial charge in [0.05, 0.1) is 11.2 Å². The van der Waals surface area contributed by atoms with Crippen LogP contribution in [0.3, 0.4) is 0 Å². The van der Waals surface area contributed by atoms with Crippen LogP contribution in [0.1, 0.15) is 46.0 Å². The highest BCUT2D eigenvalue weighted by Gasteiger charge is 2.45. The Kier molecular flexibility index (Phi) is 2.26. The number of hydrogen-bond acceptors (Lipinski definition) is 2. The van der Waals surface area contributed by atoms with E-state index >= 15 is 0 Å². The molecule has 0 spiro atoms. The molecule has 0 aromatic rings. The second-order valence-corrected chi connectivity index (χ2v) is 3.87. The molecule has 0 heterocycles. The van der Waals surface area contributed by atoms with Crippen LogP contribution in [0.5, 0.6) is 0 Å². The Bertz CT molecular complexity index is 142. The summed E-state index contributed by atoms with van der Waals surface area (Å²) in [6.07, 6.45) is 4.21. The SMILES string of the molecule is CCC1(O)CCCCC1(C)O. The van der Waals surface area contributed by atoms with Gasteiger partial charge in [-0.3, -0.25) is 0 Å². The van der Waals surface area contributed by atoms with Gasteiger partial charge in [0, 0.05) is 0 Å². The lowest BCUT2D eigenvalue weighted by atomic mass is 9.71. The standard InChI is InChI=1S/C9H18O2/c1-3-9(11)7-5-4-6-8(9,2)10/h10-11H,3-7H2,1-2H3. The van der Waals surface area contributed by atoms with Gasteiger partial charge < -0.3 is 10.2 Å². The Labute approximate surface area is 68.2 Å². The van der Waals surface area contributed by atoms with Gasteiger partial charge in [-0.25, -0.2) is 0 Å². The maximum absolute atomic E-state index is 9.96. The lowest BCUT2D eigenvalue weighted by Crippen LogP contribution is -2.53. The van der Waals surface area contributed by atoms with Crippen molar-refractivity contribution in [2.75, 3.05) is 0 Å². The van der Waals surface area contributed by atoms with E-state index in [-0.39, 0.29) is 0 Å². The maximum atomic E-state index is 9.96. The van der Waals surface area contributed by atoms with Gasteiger partial charge in [0.15, 0.2) is 0 Å². The van der Waals surface area contributed by atoms with Gasteiger partial charge in [0.2, 0.25) is 0 Å². The van der Waals surface area contributed by atoms with E-state index in [1.807, 2.05) is 6.92 Å². The normalized spacial score (nSPS) is 45.8. The minimum Gasteiger partial charge on any atom is -0.387 e. The Balaban J connectivity index is 2.74. The first kappa shape index (κ1) is 9.01. The van der Waals surface area contributed by atoms with Crippen molar-refractivity contribution in [2.45, 2.75) is 57.2 Å². The highest BCUT2D eigenvalue weighted by atomic mass is 16.4.